The Morgan fingerprint density at radius 3 is 2.76 bits per heavy atom. The van der Waals surface area contributed by atoms with Crippen LogP contribution in [-0.2, 0) is 22.7 Å². The van der Waals surface area contributed by atoms with Gasteiger partial charge in [0, 0.05) is 12.8 Å². The van der Waals surface area contributed by atoms with Gasteiger partial charge in [-0.15, -0.1) is 0 Å². The first-order valence-corrected chi connectivity index (χ1v) is 7.86. The van der Waals surface area contributed by atoms with Crippen molar-refractivity contribution in [2.45, 2.75) is 13.2 Å². The molecule has 0 atom stereocenters. The van der Waals surface area contributed by atoms with Gasteiger partial charge >= 0.3 is 0 Å². The Kier molecular flexibility index (Phi) is 5.43. The Bertz CT molecular complexity index is 831. The average molecular weight is 337 g/mol. The summed E-state index contributed by atoms with van der Waals surface area (Å²) < 4.78 is 12.3. The van der Waals surface area contributed by atoms with Crippen molar-refractivity contribution in [2.75, 3.05) is 12.4 Å². The lowest BCUT2D eigenvalue weighted by Crippen LogP contribution is -2.19. The summed E-state index contributed by atoms with van der Waals surface area (Å²) in [5.74, 6) is 1.14. The van der Waals surface area contributed by atoms with Gasteiger partial charge in [0.1, 0.15) is 12.3 Å². The summed E-state index contributed by atoms with van der Waals surface area (Å²) in [6, 6.07) is 17.0. The van der Waals surface area contributed by atoms with Crippen LogP contribution >= 0.6 is 0 Å². The van der Waals surface area contributed by atoms with E-state index in [0.717, 1.165) is 17.0 Å². The van der Waals surface area contributed by atoms with Gasteiger partial charge in [-0.1, -0.05) is 30.3 Å². The van der Waals surface area contributed by atoms with E-state index in [9.17, 15) is 4.79 Å². The van der Waals surface area contributed by atoms with E-state index in [2.05, 4.69) is 10.4 Å². The van der Waals surface area contributed by atoms with Crippen molar-refractivity contribution in [1.82, 2.24) is 9.78 Å². The zero-order chi connectivity index (χ0) is 17.5. The lowest BCUT2D eigenvalue weighted by atomic mass is 10.2. The molecule has 128 valence electrons. The Balaban J connectivity index is 1.57. The molecule has 0 saturated carbocycles. The van der Waals surface area contributed by atoms with E-state index in [1.165, 1.54) is 4.68 Å². The van der Waals surface area contributed by atoms with Crippen molar-refractivity contribution in [3.05, 3.63) is 72.6 Å². The third kappa shape index (κ3) is 4.92. The number of nitrogens with zero attached hydrogens (tertiary/aromatic N) is 2. The van der Waals surface area contributed by atoms with E-state index < -0.39 is 0 Å². The zero-order valence-corrected chi connectivity index (χ0v) is 13.9. The van der Waals surface area contributed by atoms with Crippen LogP contribution in [0.5, 0.6) is 11.5 Å². The fraction of sp³-hybridized carbons (Fsp3) is 0.158. The highest BCUT2D eigenvalue weighted by Crippen LogP contribution is 2.19. The third-order valence-corrected chi connectivity index (χ3v) is 3.42. The monoisotopic (exact) mass is 337 g/mol. The smallest absolute Gasteiger partial charge is 0.246 e. The first-order valence-electron chi connectivity index (χ1n) is 7.86. The molecule has 0 aliphatic heterocycles. The van der Waals surface area contributed by atoms with Gasteiger partial charge in [0.2, 0.25) is 5.91 Å². The Hall–Kier alpha value is -3.12. The summed E-state index contributed by atoms with van der Waals surface area (Å²) >= 11 is 0. The molecule has 0 saturated heterocycles. The number of carbonyl (C=O) groups is 1. The van der Waals surface area contributed by atoms with Crippen molar-refractivity contribution < 1.29 is 14.3 Å². The number of hydrogen-bond acceptors (Lipinski definition) is 4. The maximum Gasteiger partial charge on any atom is 0.246 e. The molecular formula is C19H19N3O3. The topological polar surface area (TPSA) is 65.4 Å². The predicted octanol–water partition coefficient (Wildman–Crippen LogP) is 3.46. The Morgan fingerprint density at radius 1 is 1.12 bits per heavy atom. The molecular weight excluding hydrogens is 318 g/mol. The molecule has 1 N–H and O–H groups in total. The second-order valence-corrected chi connectivity index (χ2v) is 5.47. The van der Waals surface area contributed by atoms with Crippen LogP contribution in [0.4, 0.5) is 5.69 Å². The second-order valence-electron chi connectivity index (χ2n) is 5.47. The molecule has 0 spiro atoms. The zero-order valence-electron chi connectivity index (χ0n) is 13.9. The Labute approximate surface area is 146 Å². The number of anilines is 1. The van der Waals surface area contributed by atoms with Crippen LogP contribution in [0.3, 0.4) is 0 Å². The molecule has 0 aliphatic rings. The first kappa shape index (κ1) is 16.7. The van der Waals surface area contributed by atoms with E-state index in [1.54, 1.807) is 19.5 Å². The van der Waals surface area contributed by atoms with Crippen LogP contribution in [0.2, 0.25) is 0 Å². The third-order valence-electron chi connectivity index (χ3n) is 3.42. The van der Waals surface area contributed by atoms with Gasteiger partial charge < -0.3 is 14.8 Å². The number of rotatable bonds is 7. The largest absolute Gasteiger partial charge is 0.454 e. The summed E-state index contributed by atoms with van der Waals surface area (Å²) in [7, 11) is 1.64. The highest BCUT2D eigenvalue weighted by molar-refractivity contribution is 5.90. The Morgan fingerprint density at radius 2 is 1.96 bits per heavy atom. The molecule has 1 aromatic heterocycles. The van der Waals surface area contributed by atoms with Gasteiger partial charge in [-0.2, -0.15) is 5.10 Å². The standard InChI is InChI=1S/C19H19N3O3/c1-24-14-15-6-5-7-16(10-15)21-19(23)13-22-12-18(11-20-22)25-17-8-3-2-4-9-17/h2-12H,13-14H2,1H3,(H,21,23). The number of carbonyl (C=O) groups excluding carboxylic acids is 1. The van der Waals surface area contributed by atoms with Gasteiger partial charge in [0.05, 0.1) is 19.0 Å². The second kappa shape index (κ2) is 8.12. The SMILES string of the molecule is COCc1cccc(NC(=O)Cn2cc(Oc3ccccc3)cn2)c1. The predicted molar refractivity (Wildman–Crippen MR) is 94.5 cm³/mol. The maximum absolute atomic E-state index is 12.2. The van der Waals surface area contributed by atoms with Crippen molar-refractivity contribution in [2.24, 2.45) is 0 Å². The summed E-state index contributed by atoms with van der Waals surface area (Å²) in [5, 5.41) is 7.00. The summed E-state index contributed by atoms with van der Waals surface area (Å²) in [4.78, 5) is 12.2. The van der Waals surface area contributed by atoms with Crippen LogP contribution < -0.4 is 10.1 Å². The molecule has 2 aromatic carbocycles. The lowest BCUT2D eigenvalue weighted by molar-refractivity contribution is -0.116. The van der Waals surface area contributed by atoms with E-state index in [1.807, 2.05) is 54.6 Å². The molecule has 1 amide bonds. The van der Waals surface area contributed by atoms with Crippen molar-refractivity contribution in [3.8, 4) is 11.5 Å². The fourth-order valence-corrected chi connectivity index (χ4v) is 2.36. The molecule has 0 radical (unpaired) electrons. The molecule has 0 bridgehead atoms. The number of ether oxygens (including phenoxy) is 2. The number of hydrogen-bond donors (Lipinski definition) is 1. The number of para-hydroxylation sites is 1. The van der Waals surface area contributed by atoms with E-state index in [0.29, 0.717) is 12.4 Å². The van der Waals surface area contributed by atoms with Crippen molar-refractivity contribution in [3.63, 3.8) is 0 Å². The minimum absolute atomic E-state index is 0.104. The van der Waals surface area contributed by atoms with Crippen molar-refractivity contribution in [1.29, 1.82) is 0 Å². The van der Waals surface area contributed by atoms with E-state index in [4.69, 9.17) is 9.47 Å². The van der Waals surface area contributed by atoms with Gasteiger partial charge in [0.25, 0.3) is 0 Å². The molecule has 0 aliphatic carbocycles. The van der Waals surface area contributed by atoms with Crippen LogP contribution in [0, 0.1) is 0 Å². The molecule has 3 rings (SSSR count). The summed E-state index contributed by atoms with van der Waals surface area (Å²) in [5.41, 5.74) is 1.73. The normalized spacial score (nSPS) is 10.4. The van der Waals surface area contributed by atoms with Gasteiger partial charge in [0.15, 0.2) is 5.75 Å². The van der Waals surface area contributed by atoms with E-state index in [-0.39, 0.29) is 12.5 Å². The van der Waals surface area contributed by atoms with E-state index >= 15 is 0 Å². The average Bonchev–Trinajstić information content (AvgIpc) is 3.03. The molecule has 3 aromatic rings. The van der Waals surface area contributed by atoms with Crippen LogP contribution in [-0.4, -0.2) is 22.8 Å². The molecule has 0 unspecified atom stereocenters. The van der Waals surface area contributed by atoms with Gasteiger partial charge in [-0.05, 0) is 29.8 Å². The summed E-state index contributed by atoms with van der Waals surface area (Å²) in [6.07, 6.45) is 3.27. The van der Waals surface area contributed by atoms with Crippen LogP contribution in [0.25, 0.3) is 0 Å². The highest BCUT2D eigenvalue weighted by Gasteiger charge is 2.07. The quantitative estimate of drug-likeness (QED) is 0.717. The number of aromatic nitrogens is 2. The minimum Gasteiger partial charge on any atom is -0.454 e. The molecule has 25 heavy (non-hydrogen) atoms. The molecule has 1 heterocycles. The number of benzene rings is 2. The van der Waals surface area contributed by atoms with Crippen LogP contribution in [0.15, 0.2) is 67.0 Å². The van der Waals surface area contributed by atoms with Crippen LogP contribution in [0.1, 0.15) is 5.56 Å². The maximum atomic E-state index is 12.2. The number of methoxy groups -OCH3 is 1. The lowest BCUT2D eigenvalue weighted by Gasteiger charge is -2.07. The molecule has 0 fully saturated rings. The molecule has 6 heteroatoms. The van der Waals surface area contributed by atoms with Gasteiger partial charge in [-0.3, -0.25) is 9.48 Å². The number of nitrogens with one attached hydrogen (secondary N) is 1. The fourth-order valence-electron chi connectivity index (χ4n) is 2.36. The first-order chi connectivity index (χ1) is 12.2. The van der Waals surface area contributed by atoms with Crippen molar-refractivity contribution >= 4 is 11.6 Å². The molecule has 6 nitrogen and oxygen atoms in total. The summed E-state index contributed by atoms with van der Waals surface area (Å²) in [6.45, 7) is 0.607. The highest BCUT2D eigenvalue weighted by atomic mass is 16.5. The van der Waals surface area contributed by atoms with Gasteiger partial charge in [-0.25, -0.2) is 0 Å². The number of amides is 1. The minimum atomic E-state index is -0.163.